The van der Waals surface area contributed by atoms with Crippen LogP contribution >= 0.6 is 11.8 Å². The number of β-lactam (4-membered cyclic amide) rings is 1. The number of carbonyl (C=O) groups is 6. The van der Waals surface area contributed by atoms with Crippen molar-refractivity contribution in [3.63, 3.8) is 0 Å². The number of alkyl halides is 3. The van der Waals surface area contributed by atoms with Crippen LogP contribution in [0, 0.1) is 0 Å². The molecule has 3 heterocycles. The highest BCUT2D eigenvalue weighted by atomic mass is 32.2. The monoisotopic (exact) mass is 614 g/mol. The summed E-state index contributed by atoms with van der Waals surface area (Å²) in [5, 5.41) is 27.7. The van der Waals surface area contributed by atoms with Crippen molar-refractivity contribution in [2.24, 2.45) is 5.73 Å². The van der Waals surface area contributed by atoms with E-state index >= 15 is 0 Å². The molecule has 13 nitrogen and oxygen atoms in total. The summed E-state index contributed by atoms with van der Waals surface area (Å²) >= 11 is 1.38. The number of thioether (sulfide) groups is 1. The number of carbonyl (C=O) groups excluding carboxylic acids is 3. The van der Waals surface area contributed by atoms with Crippen LogP contribution in [0.15, 0.2) is 47.2 Å². The van der Waals surface area contributed by atoms with Crippen molar-refractivity contribution in [2.75, 3.05) is 17.6 Å². The van der Waals surface area contributed by atoms with Gasteiger partial charge in [0.15, 0.2) is 0 Å². The SMILES string of the molecule is N[C@@H]1C(=O)N2C(C(=O)O)=C(/C=C3\CCN(Cc4ccc(NC(=O)CCC(=O)O)cc4)C3=O)CS[C@H]12.O=C(O)C(F)(F)F. The van der Waals surface area contributed by atoms with Crippen LogP contribution in [0.4, 0.5) is 18.9 Å². The maximum Gasteiger partial charge on any atom is 0.490 e. The zero-order valence-electron chi connectivity index (χ0n) is 21.6. The van der Waals surface area contributed by atoms with E-state index in [1.165, 1.54) is 16.7 Å². The topological polar surface area (TPSA) is 208 Å². The van der Waals surface area contributed by atoms with E-state index in [1.54, 1.807) is 35.2 Å². The molecule has 1 aromatic rings. The second-order valence-electron chi connectivity index (χ2n) is 9.20. The first kappa shape index (κ1) is 32.1. The Morgan fingerprint density at radius 3 is 2.24 bits per heavy atom. The number of rotatable bonds is 8. The lowest BCUT2D eigenvalue weighted by Crippen LogP contribution is -2.68. The van der Waals surface area contributed by atoms with Crippen LogP contribution in [0.25, 0.3) is 0 Å². The van der Waals surface area contributed by atoms with Gasteiger partial charge >= 0.3 is 24.1 Å². The van der Waals surface area contributed by atoms with Crippen LogP contribution in [-0.2, 0) is 35.3 Å². The highest BCUT2D eigenvalue weighted by molar-refractivity contribution is 8.00. The summed E-state index contributed by atoms with van der Waals surface area (Å²) in [6.45, 7) is 0.807. The van der Waals surface area contributed by atoms with Gasteiger partial charge < -0.3 is 31.3 Å². The number of halogens is 3. The van der Waals surface area contributed by atoms with E-state index in [2.05, 4.69) is 5.32 Å². The molecule has 0 aromatic heterocycles. The Kier molecular flexibility index (Phi) is 10.0. The first-order valence-corrected chi connectivity index (χ1v) is 13.2. The number of nitrogens with one attached hydrogen (secondary N) is 1. The lowest BCUT2D eigenvalue weighted by Gasteiger charge is -2.47. The van der Waals surface area contributed by atoms with E-state index in [4.69, 9.17) is 20.7 Å². The molecule has 17 heteroatoms. The number of carboxylic acid groups (broad SMARTS) is 3. The second-order valence-corrected chi connectivity index (χ2v) is 10.3. The van der Waals surface area contributed by atoms with Gasteiger partial charge in [-0.05, 0) is 35.8 Å². The number of benzene rings is 1. The summed E-state index contributed by atoms with van der Waals surface area (Å²) in [5.74, 6) is -5.70. The minimum absolute atomic E-state index is 0.111. The third kappa shape index (κ3) is 7.67. The number of amides is 3. The molecule has 226 valence electrons. The summed E-state index contributed by atoms with van der Waals surface area (Å²) in [5.41, 5.74) is 7.93. The molecule has 0 unspecified atom stereocenters. The fraction of sp³-hybridized carbons (Fsp3) is 0.360. The number of hydrogen-bond acceptors (Lipinski definition) is 8. The summed E-state index contributed by atoms with van der Waals surface area (Å²) in [4.78, 5) is 71.0. The zero-order valence-corrected chi connectivity index (χ0v) is 22.4. The molecular formula is C25H25F3N4O9S. The first-order chi connectivity index (χ1) is 19.6. The van der Waals surface area contributed by atoms with Gasteiger partial charge in [0.1, 0.15) is 17.1 Å². The predicted molar refractivity (Wildman–Crippen MR) is 139 cm³/mol. The Labute approximate surface area is 239 Å². The number of carboxylic acids is 3. The van der Waals surface area contributed by atoms with Gasteiger partial charge in [-0.2, -0.15) is 13.2 Å². The molecule has 2 atom stereocenters. The lowest BCUT2D eigenvalue weighted by molar-refractivity contribution is -0.192. The fourth-order valence-corrected chi connectivity index (χ4v) is 5.42. The number of anilines is 1. The normalized spacial score (nSPS) is 20.9. The van der Waals surface area contributed by atoms with E-state index in [9.17, 15) is 42.3 Å². The molecule has 0 aliphatic carbocycles. The lowest BCUT2D eigenvalue weighted by atomic mass is 10.0. The summed E-state index contributed by atoms with van der Waals surface area (Å²) in [7, 11) is 0. The van der Waals surface area contributed by atoms with Crippen molar-refractivity contribution in [2.45, 2.75) is 43.4 Å². The van der Waals surface area contributed by atoms with E-state index in [1.807, 2.05) is 0 Å². The van der Waals surface area contributed by atoms with Gasteiger partial charge in [-0.25, -0.2) is 9.59 Å². The molecule has 6 N–H and O–H groups in total. The summed E-state index contributed by atoms with van der Waals surface area (Å²) < 4.78 is 31.7. The van der Waals surface area contributed by atoms with Crippen LogP contribution in [0.1, 0.15) is 24.8 Å². The molecule has 3 aliphatic rings. The van der Waals surface area contributed by atoms with Gasteiger partial charge in [0.05, 0.1) is 6.42 Å². The molecule has 0 spiro atoms. The van der Waals surface area contributed by atoms with Crippen molar-refractivity contribution in [1.82, 2.24) is 9.80 Å². The van der Waals surface area contributed by atoms with E-state index in [0.29, 0.717) is 42.1 Å². The fourth-order valence-electron chi connectivity index (χ4n) is 4.17. The van der Waals surface area contributed by atoms with Gasteiger partial charge in [-0.1, -0.05) is 12.1 Å². The van der Waals surface area contributed by atoms with E-state index in [-0.39, 0.29) is 24.4 Å². The van der Waals surface area contributed by atoms with Gasteiger partial charge in [0.25, 0.3) is 0 Å². The van der Waals surface area contributed by atoms with Crippen molar-refractivity contribution in [1.29, 1.82) is 0 Å². The Bertz CT molecular complexity index is 1360. The number of nitrogens with two attached hydrogens (primary N) is 1. The molecule has 3 amide bonds. The Hall–Kier alpha value is -4.38. The van der Waals surface area contributed by atoms with Crippen molar-refractivity contribution < 1.29 is 57.3 Å². The van der Waals surface area contributed by atoms with Crippen LogP contribution in [0.2, 0.25) is 0 Å². The Morgan fingerprint density at radius 2 is 1.69 bits per heavy atom. The van der Waals surface area contributed by atoms with Crippen molar-refractivity contribution in [3.8, 4) is 0 Å². The number of fused-ring (bicyclic) bond motifs is 1. The number of nitrogens with zero attached hydrogens (tertiary/aromatic N) is 2. The average molecular weight is 615 g/mol. The summed E-state index contributed by atoms with van der Waals surface area (Å²) in [6.07, 6.45) is -3.41. The minimum atomic E-state index is -5.08. The molecule has 0 saturated carbocycles. The quantitative estimate of drug-likeness (QED) is 0.209. The molecule has 1 aromatic carbocycles. The molecular weight excluding hydrogens is 589 g/mol. The molecule has 4 rings (SSSR count). The predicted octanol–water partition coefficient (Wildman–Crippen LogP) is 1.36. The maximum atomic E-state index is 13.0. The van der Waals surface area contributed by atoms with Crippen LogP contribution in [0.3, 0.4) is 0 Å². The van der Waals surface area contributed by atoms with E-state index < -0.39 is 47.3 Å². The number of aliphatic carboxylic acids is 3. The zero-order chi connectivity index (χ0) is 31.4. The highest BCUT2D eigenvalue weighted by Crippen LogP contribution is 2.40. The van der Waals surface area contributed by atoms with Crippen molar-refractivity contribution >= 4 is 53.1 Å². The largest absolute Gasteiger partial charge is 0.490 e. The van der Waals surface area contributed by atoms with Crippen LogP contribution < -0.4 is 11.1 Å². The molecule has 0 bridgehead atoms. The molecule has 3 aliphatic heterocycles. The minimum Gasteiger partial charge on any atom is -0.481 e. The van der Waals surface area contributed by atoms with Crippen LogP contribution in [-0.4, -0.2) is 90.6 Å². The average Bonchev–Trinajstić information content (AvgIpc) is 3.25. The molecule has 2 fully saturated rings. The second kappa shape index (κ2) is 13.1. The third-order valence-electron chi connectivity index (χ3n) is 6.22. The molecule has 2 saturated heterocycles. The number of hydrogen-bond donors (Lipinski definition) is 5. The maximum absolute atomic E-state index is 13.0. The highest BCUT2D eigenvalue weighted by Gasteiger charge is 2.51. The number of allylic oxidation sites excluding steroid dienone is 1. The van der Waals surface area contributed by atoms with Gasteiger partial charge in [0.2, 0.25) is 17.7 Å². The van der Waals surface area contributed by atoms with Gasteiger partial charge in [-0.3, -0.25) is 24.1 Å². The smallest absolute Gasteiger partial charge is 0.481 e. The Balaban J connectivity index is 0.000000616. The van der Waals surface area contributed by atoms with Crippen LogP contribution in [0.5, 0.6) is 0 Å². The molecule has 0 radical (unpaired) electrons. The standard InChI is InChI=1S/C23H24N4O7S.C2HF3O2/c24-18-21(32)27-19(23(33)34)14(11-35-22(18)27)9-13-7-8-26(20(13)31)10-12-1-3-15(4-2-12)25-16(28)5-6-17(29)30;3-2(4,5)1(6)7/h1-4,9,18,22H,5-8,10-11,24H2,(H,25,28)(H,29,30)(H,33,34);(H,6,7)/b13-9+;/t18-,22-;/m1./s1. The third-order valence-corrected chi connectivity index (χ3v) is 7.55. The van der Waals surface area contributed by atoms with Gasteiger partial charge in [-0.15, -0.1) is 11.8 Å². The molecule has 42 heavy (non-hydrogen) atoms. The Morgan fingerprint density at radius 1 is 1.07 bits per heavy atom. The summed E-state index contributed by atoms with van der Waals surface area (Å²) in [6, 6.07) is 6.18. The first-order valence-electron chi connectivity index (χ1n) is 12.2. The van der Waals surface area contributed by atoms with Gasteiger partial charge in [0, 0.05) is 36.5 Å². The number of likely N-dealkylation sites (tertiary alicyclic amines) is 1. The van der Waals surface area contributed by atoms with E-state index in [0.717, 1.165) is 5.56 Å². The van der Waals surface area contributed by atoms with Crippen molar-refractivity contribution in [3.05, 3.63) is 52.7 Å².